The summed E-state index contributed by atoms with van der Waals surface area (Å²) in [6, 6.07) is 3.47. The third-order valence-electron chi connectivity index (χ3n) is 3.40. The smallest absolute Gasteiger partial charge is 0.191 e. The van der Waals surface area contributed by atoms with Crippen molar-refractivity contribution in [1.82, 2.24) is 20.4 Å². The van der Waals surface area contributed by atoms with Crippen LogP contribution in [0.25, 0.3) is 0 Å². The van der Waals surface area contributed by atoms with Crippen molar-refractivity contribution in [2.75, 3.05) is 19.6 Å². The lowest BCUT2D eigenvalue weighted by Crippen LogP contribution is -2.39. The minimum absolute atomic E-state index is 0.335. The fraction of sp³-hybridized carbons (Fsp3) is 0.412. The van der Waals surface area contributed by atoms with Gasteiger partial charge < -0.3 is 10.6 Å². The fourth-order valence-corrected chi connectivity index (χ4v) is 2.24. The Morgan fingerprint density at radius 2 is 2.12 bits per heavy atom. The normalized spacial score (nSPS) is 11.6. The Kier molecular flexibility index (Phi) is 6.72. The number of nitrogens with one attached hydrogen (secondary N) is 2. The van der Waals surface area contributed by atoms with Crippen LogP contribution < -0.4 is 10.6 Å². The molecule has 130 valence electrons. The van der Waals surface area contributed by atoms with Gasteiger partial charge in [0.15, 0.2) is 5.96 Å². The Balaban J connectivity index is 1.84. The summed E-state index contributed by atoms with van der Waals surface area (Å²) in [5.41, 5.74) is 1.45. The zero-order chi connectivity index (χ0) is 17.4. The van der Waals surface area contributed by atoms with Gasteiger partial charge in [0.2, 0.25) is 0 Å². The average molecular weight is 335 g/mol. The van der Waals surface area contributed by atoms with Gasteiger partial charge in [-0.1, -0.05) is 0 Å². The number of aliphatic imine (C=N–C) groups is 1. The molecule has 1 aromatic carbocycles. The number of benzene rings is 1. The molecule has 1 aromatic heterocycles. The third-order valence-corrected chi connectivity index (χ3v) is 3.40. The minimum Gasteiger partial charge on any atom is -0.357 e. The van der Waals surface area contributed by atoms with Crippen LogP contribution in [0.3, 0.4) is 0 Å². The Morgan fingerprint density at radius 1 is 1.29 bits per heavy atom. The third kappa shape index (κ3) is 5.64. The molecular weight excluding hydrogens is 312 g/mol. The Labute approximate surface area is 140 Å². The Morgan fingerprint density at radius 3 is 2.83 bits per heavy atom. The summed E-state index contributed by atoms with van der Waals surface area (Å²) in [7, 11) is 0. The summed E-state index contributed by atoms with van der Waals surface area (Å²) in [6.07, 6.45) is 4.13. The first kappa shape index (κ1) is 17.9. The van der Waals surface area contributed by atoms with E-state index in [0.29, 0.717) is 31.0 Å². The maximum atomic E-state index is 13.6. The van der Waals surface area contributed by atoms with Gasteiger partial charge in [-0.25, -0.2) is 8.78 Å². The summed E-state index contributed by atoms with van der Waals surface area (Å²) in [4.78, 5) is 4.39. The highest BCUT2D eigenvalue weighted by molar-refractivity contribution is 5.79. The maximum absolute atomic E-state index is 13.6. The molecule has 0 aliphatic carbocycles. The predicted molar refractivity (Wildman–Crippen MR) is 91.0 cm³/mol. The van der Waals surface area contributed by atoms with E-state index in [1.807, 2.05) is 30.9 Å². The number of hydrogen-bond acceptors (Lipinski definition) is 2. The average Bonchev–Trinajstić information content (AvgIpc) is 2.96. The van der Waals surface area contributed by atoms with Gasteiger partial charge in [-0.2, -0.15) is 5.10 Å². The van der Waals surface area contributed by atoms with Crippen molar-refractivity contribution in [3.63, 3.8) is 0 Å². The van der Waals surface area contributed by atoms with E-state index in [2.05, 4.69) is 20.7 Å². The van der Waals surface area contributed by atoms with E-state index in [-0.39, 0.29) is 0 Å². The first-order valence-electron chi connectivity index (χ1n) is 8.03. The molecular formula is C17H23F2N5. The first-order chi connectivity index (χ1) is 11.6. The highest BCUT2D eigenvalue weighted by Gasteiger charge is 2.04. The molecule has 0 saturated heterocycles. The SMILES string of the molecule is CCNC(=NCCc1cc(F)ccc1F)NCCn1cc(C)cn1. The van der Waals surface area contributed by atoms with E-state index in [9.17, 15) is 8.78 Å². The number of aromatic nitrogens is 2. The van der Waals surface area contributed by atoms with Gasteiger partial charge >= 0.3 is 0 Å². The molecule has 0 atom stereocenters. The summed E-state index contributed by atoms with van der Waals surface area (Å²) >= 11 is 0. The molecule has 2 aromatic rings. The molecule has 0 bridgehead atoms. The predicted octanol–water partition coefficient (Wildman–Crippen LogP) is 2.27. The molecule has 0 fully saturated rings. The van der Waals surface area contributed by atoms with Gasteiger partial charge in [0.25, 0.3) is 0 Å². The van der Waals surface area contributed by atoms with Gasteiger partial charge in [0, 0.05) is 25.8 Å². The molecule has 2 N–H and O–H groups in total. The number of nitrogens with zero attached hydrogens (tertiary/aromatic N) is 3. The topological polar surface area (TPSA) is 54.2 Å². The van der Waals surface area contributed by atoms with Gasteiger partial charge in [0.05, 0.1) is 12.7 Å². The zero-order valence-corrected chi connectivity index (χ0v) is 14.0. The molecule has 0 unspecified atom stereocenters. The monoisotopic (exact) mass is 335 g/mol. The van der Waals surface area contributed by atoms with E-state index >= 15 is 0 Å². The maximum Gasteiger partial charge on any atom is 0.191 e. The second kappa shape index (κ2) is 9.00. The van der Waals surface area contributed by atoms with Crippen LogP contribution in [0.5, 0.6) is 0 Å². The lowest BCUT2D eigenvalue weighted by Gasteiger charge is -2.11. The van der Waals surface area contributed by atoms with Crippen LogP contribution in [0, 0.1) is 18.6 Å². The molecule has 0 radical (unpaired) electrons. The molecule has 0 saturated carbocycles. The van der Waals surface area contributed by atoms with Crippen LogP contribution in [0.2, 0.25) is 0 Å². The van der Waals surface area contributed by atoms with Gasteiger partial charge in [0.1, 0.15) is 11.6 Å². The van der Waals surface area contributed by atoms with Crippen LogP contribution >= 0.6 is 0 Å². The highest BCUT2D eigenvalue weighted by Crippen LogP contribution is 2.10. The largest absolute Gasteiger partial charge is 0.357 e. The van der Waals surface area contributed by atoms with Crippen molar-refractivity contribution in [1.29, 1.82) is 0 Å². The minimum atomic E-state index is -0.435. The second-order valence-corrected chi connectivity index (χ2v) is 5.45. The summed E-state index contributed by atoms with van der Waals surface area (Å²) in [6.45, 7) is 6.45. The lowest BCUT2D eigenvalue weighted by atomic mass is 10.1. The van der Waals surface area contributed by atoms with Gasteiger partial charge in [-0.15, -0.1) is 0 Å². The van der Waals surface area contributed by atoms with Crippen LogP contribution in [0.15, 0.2) is 35.6 Å². The number of guanidine groups is 1. The summed E-state index contributed by atoms with van der Waals surface area (Å²) < 4.78 is 28.6. The van der Waals surface area contributed by atoms with Gasteiger partial charge in [-0.05, 0) is 49.6 Å². The van der Waals surface area contributed by atoms with Crippen LogP contribution in [0.1, 0.15) is 18.1 Å². The van der Waals surface area contributed by atoms with Crippen molar-refractivity contribution in [3.05, 3.63) is 53.4 Å². The van der Waals surface area contributed by atoms with Crippen LogP contribution in [-0.2, 0) is 13.0 Å². The molecule has 7 heteroatoms. The number of halogens is 2. The molecule has 0 aliphatic heterocycles. The van der Waals surface area contributed by atoms with Crippen molar-refractivity contribution < 1.29 is 8.78 Å². The number of rotatable bonds is 7. The fourth-order valence-electron chi connectivity index (χ4n) is 2.24. The zero-order valence-electron chi connectivity index (χ0n) is 14.0. The molecule has 0 aliphatic rings. The van der Waals surface area contributed by atoms with Crippen molar-refractivity contribution >= 4 is 5.96 Å². The highest BCUT2D eigenvalue weighted by atomic mass is 19.1. The lowest BCUT2D eigenvalue weighted by molar-refractivity contribution is 0.584. The molecule has 0 amide bonds. The van der Waals surface area contributed by atoms with E-state index in [1.165, 1.54) is 6.07 Å². The number of aryl methyl sites for hydroxylation is 1. The molecule has 0 spiro atoms. The number of hydrogen-bond donors (Lipinski definition) is 2. The standard InChI is InChI=1S/C17H23F2N5/c1-3-20-17(22-8-9-24-12-13(2)11-23-24)21-7-6-14-10-15(18)4-5-16(14)19/h4-5,10-12H,3,6-9H2,1-2H3,(H2,20,21,22). The van der Waals surface area contributed by atoms with Crippen LogP contribution in [-0.4, -0.2) is 35.4 Å². The van der Waals surface area contributed by atoms with Crippen LogP contribution in [0.4, 0.5) is 8.78 Å². The Hall–Kier alpha value is -2.44. The van der Waals surface area contributed by atoms with E-state index < -0.39 is 11.6 Å². The molecule has 24 heavy (non-hydrogen) atoms. The molecule has 1 heterocycles. The Bertz CT molecular complexity index is 681. The van der Waals surface area contributed by atoms with Crippen molar-refractivity contribution in [2.24, 2.45) is 4.99 Å². The summed E-state index contributed by atoms with van der Waals surface area (Å²) in [5.74, 6) is -0.188. The van der Waals surface area contributed by atoms with E-state index in [1.54, 1.807) is 0 Å². The second-order valence-electron chi connectivity index (χ2n) is 5.45. The van der Waals surface area contributed by atoms with Gasteiger partial charge in [-0.3, -0.25) is 9.67 Å². The van der Waals surface area contributed by atoms with Crippen molar-refractivity contribution in [2.45, 2.75) is 26.8 Å². The van der Waals surface area contributed by atoms with Crippen molar-refractivity contribution in [3.8, 4) is 0 Å². The molecule has 2 rings (SSSR count). The quantitative estimate of drug-likeness (QED) is 0.603. The molecule has 5 nitrogen and oxygen atoms in total. The first-order valence-corrected chi connectivity index (χ1v) is 8.03. The van der Waals surface area contributed by atoms with E-state index in [4.69, 9.17) is 0 Å². The van der Waals surface area contributed by atoms with E-state index in [0.717, 1.165) is 30.8 Å². The summed E-state index contributed by atoms with van der Waals surface area (Å²) in [5, 5.41) is 10.5.